The summed E-state index contributed by atoms with van der Waals surface area (Å²) in [5.74, 6) is -4.22. The topological polar surface area (TPSA) is 46.2 Å². The van der Waals surface area contributed by atoms with Crippen molar-refractivity contribution in [2.24, 2.45) is 5.73 Å². The van der Waals surface area contributed by atoms with Gasteiger partial charge in [0, 0.05) is 12.0 Å². The number of rotatable bonds is 4. The van der Waals surface area contributed by atoms with Crippen LogP contribution in [0.2, 0.25) is 0 Å². The van der Waals surface area contributed by atoms with Crippen LogP contribution in [0.3, 0.4) is 0 Å². The Bertz CT molecular complexity index is 595. The van der Waals surface area contributed by atoms with Gasteiger partial charge in [-0.1, -0.05) is 36.4 Å². The van der Waals surface area contributed by atoms with Crippen molar-refractivity contribution in [1.29, 1.82) is 0 Å². The van der Waals surface area contributed by atoms with Gasteiger partial charge in [0.2, 0.25) is 0 Å². The van der Waals surface area contributed by atoms with Crippen LogP contribution in [-0.4, -0.2) is 11.2 Å². The Kier molecular flexibility index (Phi) is 6.20. The molecular formula is C15H15ClF3NO. The molecule has 0 saturated carbocycles. The fourth-order valence-electron chi connectivity index (χ4n) is 1.99. The molecule has 2 rings (SSSR count). The van der Waals surface area contributed by atoms with Crippen molar-refractivity contribution in [3.8, 4) is 0 Å². The van der Waals surface area contributed by atoms with Crippen molar-refractivity contribution in [2.75, 3.05) is 0 Å². The zero-order valence-corrected chi connectivity index (χ0v) is 11.8. The molecule has 2 nitrogen and oxygen atoms in total. The lowest BCUT2D eigenvalue weighted by atomic mass is 9.96. The second-order valence-corrected chi connectivity index (χ2v) is 4.55. The van der Waals surface area contributed by atoms with E-state index in [1.165, 1.54) is 0 Å². The van der Waals surface area contributed by atoms with Gasteiger partial charge >= 0.3 is 0 Å². The van der Waals surface area contributed by atoms with Crippen molar-refractivity contribution >= 4 is 12.4 Å². The van der Waals surface area contributed by atoms with Crippen LogP contribution in [0.5, 0.6) is 0 Å². The van der Waals surface area contributed by atoms with Gasteiger partial charge in [-0.05, 0) is 11.6 Å². The van der Waals surface area contributed by atoms with Crippen LogP contribution < -0.4 is 5.73 Å². The molecule has 6 heteroatoms. The third kappa shape index (κ3) is 3.97. The van der Waals surface area contributed by atoms with Crippen LogP contribution >= 0.6 is 12.4 Å². The van der Waals surface area contributed by atoms with Gasteiger partial charge in [-0.3, -0.25) is 0 Å². The van der Waals surface area contributed by atoms with Crippen molar-refractivity contribution in [3.05, 3.63) is 71.0 Å². The first-order chi connectivity index (χ1) is 9.50. The van der Waals surface area contributed by atoms with Gasteiger partial charge in [0.05, 0.1) is 12.1 Å². The first-order valence-corrected chi connectivity index (χ1v) is 6.11. The minimum Gasteiger partial charge on any atom is -0.391 e. The van der Waals surface area contributed by atoms with E-state index >= 15 is 0 Å². The quantitative estimate of drug-likeness (QED) is 0.851. The Hall–Kier alpha value is -1.56. The van der Waals surface area contributed by atoms with E-state index in [2.05, 4.69) is 0 Å². The van der Waals surface area contributed by atoms with Crippen LogP contribution in [0, 0.1) is 17.5 Å². The Morgan fingerprint density at radius 1 is 0.952 bits per heavy atom. The Balaban J connectivity index is 0.00000220. The first kappa shape index (κ1) is 17.5. The van der Waals surface area contributed by atoms with E-state index in [0.29, 0.717) is 0 Å². The molecule has 114 valence electrons. The minimum atomic E-state index is -1.58. The summed E-state index contributed by atoms with van der Waals surface area (Å²) in [6, 6.07) is 9.71. The molecular weight excluding hydrogens is 303 g/mol. The second-order valence-electron chi connectivity index (χ2n) is 4.55. The van der Waals surface area contributed by atoms with Crippen LogP contribution in [0.4, 0.5) is 13.2 Å². The third-order valence-electron chi connectivity index (χ3n) is 3.13. The maximum atomic E-state index is 13.6. The van der Waals surface area contributed by atoms with Gasteiger partial charge in [-0.25, -0.2) is 13.2 Å². The average molecular weight is 318 g/mol. The minimum absolute atomic E-state index is 0. The molecule has 2 atom stereocenters. The summed E-state index contributed by atoms with van der Waals surface area (Å²) in [4.78, 5) is 0. The van der Waals surface area contributed by atoms with E-state index in [9.17, 15) is 18.3 Å². The van der Waals surface area contributed by atoms with Crippen LogP contribution in [0.1, 0.15) is 17.2 Å². The maximum Gasteiger partial charge on any atom is 0.194 e. The molecule has 0 bridgehead atoms. The predicted molar refractivity (Wildman–Crippen MR) is 76.6 cm³/mol. The Morgan fingerprint density at radius 2 is 1.57 bits per heavy atom. The molecule has 3 N–H and O–H groups in total. The van der Waals surface area contributed by atoms with E-state index in [0.717, 1.165) is 17.7 Å². The normalized spacial score (nSPS) is 13.4. The fourth-order valence-corrected chi connectivity index (χ4v) is 1.99. The lowest BCUT2D eigenvalue weighted by Gasteiger charge is -2.20. The molecule has 2 aromatic carbocycles. The molecule has 0 aliphatic carbocycles. The Labute approximate surface area is 126 Å². The van der Waals surface area contributed by atoms with E-state index in [1.807, 2.05) is 6.07 Å². The van der Waals surface area contributed by atoms with E-state index in [-0.39, 0.29) is 24.4 Å². The van der Waals surface area contributed by atoms with Gasteiger partial charge in [0.1, 0.15) is 0 Å². The van der Waals surface area contributed by atoms with Crippen molar-refractivity contribution in [1.82, 2.24) is 0 Å². The molecule has 0 spiro atoms. The van der Waals surface area contributed by atoms with E-state index in [4.69, 9.17) is 5.73 Å². The Morgan fingerprint density at radius 3 is 2.19 bits per heavy atom. The van der Waals surface area contributed by atoms with Crippen LogP contribution in [0.25, 0.3) is 0 Å². The number of hydrogen-bond donors (Lipinski definition) is 2. The van der Waals surface area contributed by atoms with Crippen LogP contribution in [-0.2, 0) is 6.42 Å². The van der Waals surface area contributed by atoms with Gasteiger partial charge in [-0.15, -0.1) is 12.4 Å². The average Bonchev–Trinajstić information content (AvgIpc) is 2.45. The number of aliphatic hydroxyl groups is 1. The molecule has 0 aliphatic rings. The molecule has 21 heavy (non-hydrogen) atoms. The largest absolute Gasteiger partial charge is 0.391 e. The molecule has 0 aromatic heterocycles. The van der Waals surface area contributed by atoms with Gasteiger partial charge < -0.3 is 10.8 Å². The van der Waals surface area contributed by atoms with Gasteiger partial charge in [0.25, 0.3) is 0 Å². The van der Waals surface area contributed by atoms with Gasteiger partial charge in [0.15, 0.2) is 17.5 Å². The highest BCUT2D eigenvalue weighted by Gasteiger charge is 2.23. The summed E-state index contributed by atoms with van der Waals surface area (Å²) in [6.07, 6.45) is -0.905. The fraction of sp³-hybridized carbons (Fsp3) is 0.200. The summed E-state index contributed by atoms with van der Waals surface area (Å²) in [5.41, 5.74) is 6.30. The first-order valence-electron chi connectivity index (χ1n) is 6.11. The number of aliphatic hydroxyl groups excluding tert-OH is 1. The molecule has 2 aromatic rings. The standard InChI is InChI=1S/C15H14F3NO.ClH/c16-11-7-6-10(13(17)14(11)18)15(19)12(20)8-9-4-2-1-3-5-9;/h1-7,12,15,20H,8,19H2;1H/t12-,15+;/m0./s1. The molecule has 0 unspecified atom stereocenters. The van der Waals surface area contributed by atoms with Gasteiger partial charge in [-0.2, -0.15) is 0 Å². The van der Waals surface area contributed by atoms with E-state index < -0.39 is 29.6 Å². The number of benzene rings is 2. The van der Waals surface area contributed by atoms with Crippen molar-refractivity contribution in [3.63, 3.8) is 0 Å². The van der Waals surface area contributed by atoms with Crippen molar-refractivity contribution in [2.45, 2.75) is 18.6 Å². The second kappa shape index (κ2) is 7.45. The zero-order chi connectivity index (χ0) is 14.7. The molecule has 0 fully saturated rings. The summed E-state index contributed by atoms with van der Waals surface area (Å²) in [6.45, 7) is 0. The smallest absolute Gasteiger partial charge is 0.194 e. The zero-order valence-electron chi connectivity index (χ0n) is 11.0. The predicted octanol–water partition coefficient (Wildman–Crippen LogP) is 3.13. The van der Waals surface area contributed by atoms with E-state index in [1.54, 1.807) is 24.3 Å². The highest BCUT2D eigenvalue weighted by molar-refractivity contribution is 5.85. The molecule has 0 heterocycles. The SMILES string of the molecule is Cl.N[C@H](c1ccc(F)c(F)c1F)[C@@H](O)Cc1ccccc1. The van der Waals surface area contributed by atoms with Crippen molar-refractivity contribution < 1.29 is 18.3 Å². The molecule has 0 aliphatic heterocycles. The van der Waals surface area contributed by atoms with Crippen LogP contribution in [0.15, 0.2) is 42.5 Å². The number of halogens is 4. The molecule has 0 saturated heterocycles. The molecule has 0 radical (unpaired) electrons. The summed E-state index contributed by atoms with van der Waals surface area (Å²) in [5, 5.41) is 10.0. The summed E-state index contributed by atoms with van der Waals surface area (Å²) >= 11 is 0. The monoisotopic (exact) mass is 317 g/mol. The summed E-state index contributed by atoms with van der Waals surface area (Å²) in [7, 11) is 0. The lowest BCUT2D eigenvalue weighted by molar-refractivity contribution is 0.143. The lowest BCUT2D eigenvalue weighted by Crippen LogP contribution is -2.29. The number of nitrogens with two attached hydrogens (primary N) is 1. The molecule has 0 amide bonds. The summed E-state index contributed by atoms with van der Waals surface area (Å²) < 4.78 is 39.6. The highest BCUT2D eigenvalue weighted by atomic mass is 35.5. The number of hydrogen-bond acceptors (Lipinski definition) is 2. The maximum absolute atomic E-state index is 13.6. The third-order valence-corrected chi connectivity index (χ3v) is 3.13. The highest BCUT2D eigenvalue weighted by Crippen LogP contribution is 2.23.